The van der Waals surface area contributed by atoms with Crippen LogP contribution in [0.5, 0.6) is 0 Å². The Hall–Kier alpha value is -2.20. The highest BCUT2D eigenvalue weighted by Crippen LogP contribution is 2.14. The van der Waals surface area contributed by atoms with Crippen molar-refractivity contribution in [2.45, 2.75) is 19.4 Å². The van der Waals surface area contributed by atoms with Gasteiger partial charge in [-0.2, -0.15) is 0 Å². The van der Waals surface area contributed by atoms with Crippen molar-refractivity contribution in [1.29, 1.82) is 0 Å². The number of halogens is 1. The summed E-state index contributed by atoms with van der Waals surface area (Å²) in [5.41, 5.74) is 8.03. The summed E-state index contributed by atoms with van der Waals surface area (Å²) in [6.45, 7) is 1.77. The van der Waals surface area contributed by atoms with Crippen molar-refractivity contribution in [1.82, 2.24) is 0 Å². The SMILES string of the molecule is Cc1cc(F)cc(NC(=O)C(N)Cc2ccccc2)c1. The number of aryl methyl sites for hydroxylation is 1. The largest absolute Gasteiger partial charge is 0.325 e. The van der Waals surface area contributed by atoms with Gasteiger partial charge in [-0.25, -0.2) is 4.39 Å². The summed E-state index contributed by atoms with van der Waals surface area (Å²) < 4.78 is 13.2. The molecule has 0 fully saturated rings. The zero-order valence-electron chi connectivity index (χ0n) is 11.3. The summed E-state index contributed by atoms with van der Waals surface area (Å²) in [7, 11) is 0. The average molecular weight is 272 g/mol. The number of carbonyl (C=O) groups is 1. The van der Waals surface area contributed by atoms with Gasteiger partial charge in [0.2, 0.25) is 5.91 Å². The van der Waals surface area contributed by atoms with E-state index in [9.17, 15) is 9.18 Å². The van der Waals surface area contributed by atoms with Crippen molar-refractivity contribution >= 4 is 11.6 Å². The van der Waals surface area contributed by atoms with Gasteiger partial charge in [-0.15, -0.1) is 0 Å². The number of amides is 1. The number of carbonyl (C=O) groups excluding carboxylic acids is 1. The molecule has 0 radical (unpaired) electrons. The molecular formula is C16H17FN2O. The first-order valence-corrected chi connectivity index (χ1v) is 6.42. The van der Waals surface area contributed by atoms with E-state index >= 15 is 0 Å². The smallest absolute Gasteiger partial charge is 0.241 e. The molecule has 2 aromatic rings. The average Bonchev–Trinajstić information content (AvgIpc) is 2.38. The third kappa shape index (κ3) is 3.90. The Morgan fingerprint density at radius 1 is 1.25 bits per heavy atom. The number of nitrogens with one attached hydrogen (secondary N) is 1. The van der Waals surface area contributed by atoms with E-state index in [1.54, 1.807) is 13.0 Å². The lowest BCUT2D eigenvalue weighted by Gasteiger charge is -2.13. The lowest BCUT2D eigenvalue weighted by Crippen LogP contribution is -2.37. The van der Waals surface area contributed by atoms with Crippen LogP contribution in [0.4, 0.5) is 10.1 Å². The van der Waals surface area contributed by atoms with Crippen LogP contribution in [0.15, 0.2) is 48.5 Å². The van der Waals surface area contributed by atoms with Gasteiger partial charge in [-0.1, -0.05) is 30.3 Å². The highest BCUT2D eigenvalue weighted by molar-refractivity contribution is 5.94. The standard InChI is InChI=1S/C16H17FN2O/c1-11-7-13(17)10-14(8-11)19-16(20)15(18)9-12-5-3-2-4-6-12/h2-8,10,15H,9,18H2,1H3,(H,19,20). The Morgan fingerprint density at radius 2 is 1.95 bits per heavy atom. The Balaban J connectivity index is 2.00. The van der Waals surface area contributed by atoms with E-state index in [2.05, 4.69) is 5.32 Å². The minimum Gasteiger partial charge on any atom is -0.325 e. The predicted octanol–water partition coefficient (Wildman–Crippen LogP) is 2.64. The molecule has 0 heterocycles. The van der Waals surface area contributed by atoms with Crippen LogP contribution in [0.1, 0.15) is 11.1 Å². The Kier molecular flexibility index (Phi) is 4.48. The van der Waals surface area contributed by atoms with E-state index in [4.69, 9.17) is 5.73 Å². The van der Waals surface area contributed by atoms with Gasteiger partial charge in [0.1, 0.15) is 5.82 Å². The molecule has 4 heteroatoms. The maximum absolute atomic E-state index is 13.2. The van der Waals surface area contributed by atoms with Crippen LogP contribution in [0.25, 0.3) is 0 Å². The van der Waals surface area contributed by atoms with Crippen LogP contribution in [0, 0.1) is 12.7 Å². The molecule has 1 unspecified atom stereocenters. The molecule has 0 aliphatic carbocycles. The van der Waals surface area contributed by atoms with Gasteiger partial charge < -0.3 is 11.1 Å². The minimum absolute atomic E-state index is 0.321. The van der Waals surface area contributed by atoms with Crippen LogP contribution >= 0.6 is 0 Å². The van der Waals surface area contributed by atoms with Crippen molar-refractivity contribution in [2.24, 2.45) is 5.73 Å². The van der Waals surface area contributed by atoms with Crippen LogP contribution in [-0.2, 0) is 11.2 Å². The molecule has 1 amide bonds. The van der Waals surface area contributed by atoms with Crippen molar-refractivity contribution in [2.75, 3.05) is 5.32 Å². The molecule has 0 saturated heterocycles. The number of nitrogens with two attached hydrogens (primary N) is 1. The fourth-order valence-electron chi connectivity index (χ4n) is 2.00. The highest BCUT2D eigenvalue weighted by Gasteiger charge is 2.14. The van der Waals surface area contributed by atoms with Crippen molar-refractivity contribution < 1.29 is 9.18 Å². The van der Waals surface area contributed by atoms with Crippen molar-refractivity contribution in [3.05, 3.63) is 65.5 Å². The third-order valence-electron chi connectivity index (χ3n) is 2.94. The normalized spacial score (nSPS) is 11.9. The van der Waals surface area contributed by atoms with Gasteiger partial charge in [0, 0.05) is 5.69 Å². The Morgan fingerprint density at radius 3 is 2.60 bits per heavy atom. The second-order valence-electron chi connectivity index (χ2n) is 4.80. The van der Waals surface area contributed by atoms with E-state index in [-0.39, 0.29) is 11.7 Å². The molecular weight excluding hydrogens is 255 g/mol. The van der Waals surface area contributed by atoms with Gasteiger partial charge in [0.05, 0.1) is 6.04 Å². The summed E-state index contributed by atoms with van der Waals surface area (Å²) >= 11 is 0. The number of hydrogen-bond acceptors (Lipinski definition) is 2. The van der Waals surface area contributed by atoms with Crippen molar-refractivity contribution in [3.8, 4) is 0 Å². The van der Waals surface area contributed by atoms with E-state index in [1.165, 1.54) is 12.1 Å². The summed E-state index contributed by atoms with van der Waals surface area (Å²) in [5, 5.41) is 2.64. The number of benzene rings is 2. The van der Waals surface area contributed by atoms with E-state index in [1.807, 2.05) is 30.3 Å². The van der Waals surface area contributed by atoms with E-state index < -0.39 is 6.04 Å². The lowest BCUT2D eigenvalue weighted by molar-refractivity contribution is -0.117. The molecule has 104 valence electrons. The second-order valence-corrected chi connectivity index (χ2v) is 4.80. The number of hydrogen-bond donors (Lipinski definition) is 2. The van der Waals surface area contributed by atoms with Gasteiger partial charge >= 0.3 is 0 Å². The van der Waals surface area contributed by atoms with Crippen LogP contribution in [0.2, 0.25) is 0 Å². The molecule has 0 aromatic heterocycles. The summed E-state index contributed by atoms with van der Waals surface area (Å²) in [6, 6.07) is 13.3. The zero-order valence-corrected chi connectivity index (χ0v) is 11.3. The summed E-state index contributed by atoms with van der Waals surface area (Å²) in [6.07, 6.45) is 0.445. The summed E-state index contributed by atoms with van der Waals surface area (Å²) in [4.78, 5) is 12.0. The topological polar surface area (TPSA) is 55.1 Å². The van der Waals surface area contributed by atoms with E-state index in [0.717, 1.165) is 11.1 Å². The van der Waals surface area contributed by atoms with Crippen LogP contribution in [0.3, 0.4) is 0 Å². The fourth-order valence-corrected chi connectivity index (χ4v) is 2.00. The lowest BCUT2D eigenvalue weighted by atomic mass is 10.1. The molecule has 1 atom stereocenters. The first-order valence-electron chi connectivity index (χ1n) is 6.42. The minimum atomic E-state index is -0.666. The fraction of sp³-hybridized carbons (Fsp3) is 0.188. The number of anilines is 1. The molecule has 0 aliphatic heterocycles. The van der Waals surface area contributed by atoms with E-state index in [0.29, 0.717) is 12.1 Å². The monoisotopic (exact) mass is 272 g/mol. The Labute approximate surface area is 117 Å². The maximum atomic E-state index is 13.2. The predicted molar refractivity (Wildman–Crippen MR) is 77.9 cm³/mol. The molecule has 0 saturated carbocycles. The number of rotatable bonds is 4. The van der Waals surface area contributed by atoms with Gasteiger partial charge in [-0.3, -0.25) is 4.79 Å². The first-order chi connectivity index (χ1) is 9.54. The maximum Gasteiger partial charge on any atom is 0.241 e. The molecule has 0 aliphatic rings. The highest BCUT2D eigenvalue weighted by atomic mass is 19.1. The molecule has 3 nitrogen and oxygen atoms in total. The molecule has 0 spiro atoms. The second kappa shape index (κ2) is 6.30. The molecule has 20 heavy (non-hydrogen) atoms. The van der Waals surface area contributed by atoms with Crippen LogP contribution < -0.4 is 11.1 Å². The molecule has 2 aromatic carbocycles. The first kappa shape index (κ1) is 14.2. The Bertz CT molecular complexity index is 578. The molecule has 2 rings (SSSR count). The summed E-state index contributed by atoms with van der Waals surface area (Å²) in [5.74, 6) is -0.698. The molecule has 0 bridgehead atoms. The third-order valence-corrected chi connectivity index (χ3v) is 2.94. The van der Waals surface area contributed by atoms with Crippen LogP contribution in [-0.4, -0.2) is 11.9 Å². The van der Waals surface area contributed by atoms with Gasteiger partial charge in [-0.05, 0) is 42.7 Å². The van der Waals surface area contributed by atoms with Crippen molar-refractivity contribution in [3.63, 3.8) is 0 Å². The van der Waals surface area contributed by atoms with Gasteiger partial charge in [0.15, 0.2) is 0 Å². The van der Waals surface area contributed by atoms with Gasteiger partial charge in [0.25, 0.3) is 0 Å². The molecule has 3 N–H and O–H groups in total. The zero-order chi connectivity index (χ0) is 14.5. The quantitative estimate of drug-likeness (QED) is 0.899.